The molecule has 0 bridgehead atoms. The zero-order valence-electron chi connectivity index (χ0n) is 20.7. The molecule has 6 heteroatoms. The Morgan fingerprint density at radius 3 is 2.77 bits per heavy atom. The van der Waals surface area contributed by atoms with E-state index in [2.05, 4.69) is 29.9 Å². The fourth-order valence-corrected chi connectivity index (χ4v) is 6.82. The lowest BCUT2D eigenvalue weighted by Gasteiger charge is -2.43. The predicted molar refractivity (Wildman–Crippen MR) is 139 cm³/mol. The molecule has 2 aliphatic heterocycles. The number of carbonyl (C=O) groups is 1. The number of hydrogen-bond donors (Lipinski definition) is 0. The Bertz CT molecular complexity index is 1240. The van der Waals surface area contributed by atoms with Crippen LogP contribution >= 0.6 is 11.6 Å². The van der Waals surface area contributed by atoms with Crippen LogP contribution in [0.2, 0.25) is 5.02 Å². The topological polar surface area (TPSA) is 35.8 Å². The Hall–Kier alpha value is -2.52. The van der Waals surface area contributed by atoms with Crippen LogP contribution in [-0.4, -0.2) is 67.6 Å². The van der Waals surface area contributed by atoms with Gasteiger partial charge < -0.3 is 9.64 Å². The van der Waals surface area contributed by atoms with Crippen LogP contribution in [0.25, 0.3) is 0 Å². The van der Waals surface area contributed by atoms with Crippen LogP contribution in [0.4, 0.5) is 5.69 Å². The number of fused-ring (bicyclic) bond motifs is 1. The highest BCUT2D eigenvalue weighted by molar-refractivity contribution is 6.32. The monoisotopic (exact) mass is 489 g/mol. The molecule has 1 spiro atoms. The van der Waals surface area contributed by atoms with E-state index in [1.54, 1.807) is 0 Å². The highest BCUT2D eigenvalue weighted by atomic mass is 35.5. The van der Waals surface area contributed by atoms with Gasteiger partial charge in [-0.05, 0) is 94.7 Å². The summed E-state index contributed by atoms with van der Waals surface area (Å²) in [6.45, 7) is 1.33. The van der Waals surface area contributed by atoms with Gasteiger partial charge in [0.2, 0.25) is 0 Å². The van der Waals surface area contributed by atoms with Gasteiger partial charge in [-0.15, -0.1) is 0 Å². The van der Waals surface area contributed by atoms with Crippen molar-refractivity contribution in [2.45, 2.75) is 49.8 Å². The first kappa shape index (κ1) is 22.9. The molecular formula is C29H32ClN3O2. The van der Waals surface area contributed by atoms with E-state index in [0.29, 0.717) is 29.7 Å². The molecular weight excluding hydrogens is 458 g/mol. The zero-order valence-corrected chi connectivity index (χ0v) is 21.4. The van der Waals surface area contributed by atoms with Gasteiger partial charge in [-0.3, -0.25) is 14.6 Å². The second kappa shape index (κ2) is 8.55. The molecule has 4 aliphatic rings. The molecule has 182 valence electrons. The Morgan fingerprint density at radius 2 is 2.06 bits per heavy atom. The first-order chi connectivity index (χ1) is 16.9. The van der Waals surface area contributed by atoms with Gasteiger partial charge in [-0.2, -0.15) is 0 Å². The highest BCUT2D eigenvalue weighted by Gasteiger charge is 2.71. The number of rotatable bonds is 4. The minimum atomic E-state index is 0.00848. The quantitative estimate of drug-likeness (QED) is 0.469. The zero-order chi connectivity index (χ0) is 24.3. The molecule has 2 saturated carbocycles. The van der Waals surface area contributed by atoms with Gasteiger partial charge in [0.1, 0.15) is 11.9 Å². The second-order valence-electron chi connectivity index (χ2n) is 10.8. The van der Waals surface area contributed by atoms with Gasteiger partial charge >= 0.3 is 0 Å². The molecule has 5 nitrogen and oxygen atoms in total. The van der Waals surface area contributed by atoms with Crippen molar-refractivity contribution < 1.29 is 9.53 Å². The van der Waals surface area contributed by atoms with Gasteiger partial charge in [0.05, 0.1) is 11.6 Å². The van der Waals surface area contributed by atoms with Gasteiger partial charge in [-0.25, -0.2) is 0 Å². The van der Waals surface area contributed by atoms with Crippen molar-refractivity contribution in [1.82, 2.24) is 9.80 Å². The predicted octanol–water partition coefficient (Wildman–Crippen LogP) is 4.46. The third-order valence-corrected chi connectivity index (χ3v) is 8.90. The van der Waals surface area contributed by atoms with Crippen LogP contribution in [0.5, 0.6) is 5.75 Å². The van der Waals surface area contributed by atoms with Crippen LogP contribution < -0.4 is 9.64 Å². The molecule has 2 unspecified atom stereocenters. The Kier molecular flexibility index (Phi) is 5.60. The molecule has 1 amide bonds. The molecule has 0 radical (unpaired) electrons. The number of anilines is 1. The summed E-state index contributed by atoms with van der Waals surface area (Å²) in [6.07, 6.45) is 5.86. The van der Waals surface area contributed by atoms with Crippen molar-refractivity contribution in [3.8, 4) is 17.6 Å². The summed E-state index contributed by atoms with van der Waals surface area (Å²) in [7, 11) is 6.26. The lowest BCUT2D eigenvalue weighted by Crippen LogP contribution is -2.46. The molecule has 0 aromatic heterocycles. The molecule has 2 aromatic carbocycles. The van der Waals surface area contributed by atoms with Crippen LogP contribution in [0.1, 0.15) is 47.2 Å². The van der Waals surface area contributed by atoms with E-state index in [1.165, 1.54) is 12.8 Å². The summed E-state index contributed by atoms with van der Waals surface area (Å²) in [4.78, 5) is 19.7. The van der Waals surface area contributed by atoms with Crippen molar-refractivity contribution >= 4 is 23.2 Å². The minimum Gasteiger partial charge on any atom is -0.489 e. The van der Waals surface area contributed by atoms with Gasteiger partial charge in [0.15, 0.2) is 0 Å². The largest absolute Gasteiger partial charge is 0.489 e. The Morgan fingerprint density at radius 1 is 1.20 bits per heavy atom. The summed E-state index contributed by atoms with van der Waals surface area (Å²) < 4.78 is 6.39. The molecule has 2 heterocycles. The maximum absolute atomic E-state index is 13.3. The van der Waals surface area contributed by atoms with Crippen molar-refractivity contribution in [2.75, 3.05) is 39.1 Å². The molecule has 0 N–H and O–H groups in total. The number of hydrogen-bond acceptors (Lipinski definition) is 4. The van der Waals surface area contributed by atoms with Crippen LogP contribution in [0.15, 0.2) is 36.4 Å². The fourth-order valence-electron chi connectivity index (χ4n) is 6.60. The molecule has 35 heavy (non-hydrogen) atoms. The average Bonchev–Trinajstić information content (AvgIpc) is 3.43. The number of benzene rings is 2. The van der Waals surface area contributed by atoms with Crippen LogP contribution in [-0.2, 0) is 6.42 Å². The van der Waals surface area contributed by atoms with Gasteiger partial charge in [0.25, 0.3) is 5.91 Å². The number of amides is 1. The lowest BCUT2D eigenvalue weighted by molar-refractivity contribution is 0.0655. The fraction of sp³-hybridized carbons (Fsp3) is 0.483. The van der Waals surface area contributed by atoms with E-state index < -0.39 is 0 Å². The molecule has 5 atom stereocenters. The number of nitrogens with zero attached hydrogens (tertiary/aromatic N) is 3. The van der Waals surface area contributed by atoms with Crippen molar-refractivity contribution in [1.29, 1.82) is 0 Å². The van der Waals surface area contributed by atoms with Gasteiger partial charge in [-0.1, -0.05) is 23.4 Å². The number of likely N-dealkylation sites (N-methyl/N-ethyl adjacent to an activating group) is 1. The summed E-state index contributed by atoms with van der Waals surface area (Å²) in [5.41, 5.74) is 4.07. The summed E-state index contributed by atoms with van der Waals surface area (Å²) in [5.74, 6) is 7.85. The smallest absolute Gasteiger partial charge is 0.258 e. The molecule has 2 aromatic rings. The number of ether oxygens (including phenoxy) is 1. The van der Waals surface area contributed by atoms with E-state index >= 15 is 0 Å². The van der Waals surface area contributed by atoms with Crippen LogP contribution in [0.3, 0.4) is 0 Å². The van der Waals surface area contributed by atoms with E-state index in [9.17, 15) is 4.79 Å². The normalized spacial score (nSPS) is 30.4. The number of halogens is 1. The average molecular weight is 490 g/mol. The Labute approximate surface area is 213 Å². The van der Waals surface area contributed by atoms with E-state index in [0.717, 1.165) is 53.3 Å². The third kappa shape index (κ3) is 3.83. The summed E-state index contributed by atoms with van der Waals surface area (Å²) in [6, 6.07) is 12.3. The second-order valence-corrected chi connectivity index (χ2v) is 11.2. The minimum absolute atomic E-state index is 0.00848. The van der Waals surface area contributed by atoms with Crippen molar-refractivity contribution in [3.63, 3.8) is 0 Å². The maximum Gasteiger partial charge on any atom is 0.258 e. The molecule has 6 rings (SSSR count). The highest BCUT2D eigenvalue weighted by Crippen LogP contribution is 2.64. The maximum atomic E-state index is 13.3. The molecule has 2 aliphatic carbocycles. The SMILES string of the molecule is CN(C)CC#Cc1ccc2c(c1)CCN(c1ccc(O[C@H]3C[C@H]4CCC45[C@@H](C3)N5C)c(Cl)c1)C2=O. The van der Waals surface area contributed by atoms with Crippen LogP contribution in [0, 0.1) is 17.8 Å². The molecule has 3 fully saturated rings. The Balaban J connectivity index is 1.14. The van der Waals surface area contributed by atoms with Gasteiger partial charge in [0, 0.05) is 41.4 Å². The van der Waals surface area contributed by atoms with E-state index in [-0.39, 0.29) is 12.0 Å². The first-order valence-electron chi connectivity index (χ1n) is 12.6. The summed E-state index contributed by atoms with van der Waals surface area (Å²) in [5, 5.41) is 0.571. The van der Waals surface area contributed by atoms with Crippen molar-refractivity contribution in [2.24, 2.45) is 5.92 Å². The standard InChI is InChI=1S/C29H32ClN3O2/c1-31(2)13-4-5-19-6-8-24-20(15-19)11-14-33(28(24)34)22-7-9-26(25(30)17-22)35-23-16-21-10-12-29(21)27(18-23)32(29)3/h6-9,15,17,21,23,27H,10-14,16,18H2,1-3H3/t21-,23+,27-,29?,32?/m1/s1. The first-order valence-corrected chi connectivity index (χ1v) is 13.0. The lowest BCUT2D eigenvalue weighted by atomic mass is 9.64. The van der Waals surface area contributed by atoms with E-state index in [4.69, 9.17) is 16.3 Å². The number of likely N-dealkylation sites (tertiary alicyclic amines) is 1. The summed E-state index contributed by atoms with van der Waals surface area (Å²) >= 11 is 6.67. The molecule has 1 saturated heterocycles. The number of carbonyl (C=O) groups excluding carboxylic acids is 1. The van der Waals surface area contributed by atoms with E-state index in [1.807, 2.05) is 54.2 Å². The van der Waals surface area contributed by atoms with Crippen molar-refractivity contribution in [3.05, 3.63) is 58.1 Å². The third-order valence-electron chi connectivity index (χ3n) is 8.60.